The molecule has 0 radical (unpaired) electrons. The highest BCUT2D eigenvalue weighted by Crippen LogP contribution is 2.35. The van der Waals surface area contributed by atoms with Crippen molar-refractivity contribution in [3.05, 3.63) is 102 Å². The van der Waals surface area contributed by atoms with Gasteiger partial charge in [0.1, 0.15) is 11.4 Å². The second kappa shape index (κ2) is 12.3. The summed E-state index contributed by atoms with van der Waals surface area (Å²) in [5.41, 5.74) is 2.71. The van der Waals surface area contributed by atoms with E-state index >= 15 is 0 Å². The summed E-state index contributed by atoms with van der Waals surface area (Å²) in [7, 11) is 1.46. The fourth-order valence-corrected chi connectivity index (χ4v) is 5.52. The van der Waals surface area contributed by atoms with Crippen LogP contribution in [0.25, 0.3) is 10.8 Å². The molecule has 0 aliphatic carbocycles. The summed E-state index contributed by atoms with van der Waals surface area (Å²) < 4.78 is 5.28. The van der Waals surface area contributed by atoms with Crippen LogP contribution in [0.4, 0.5) is 5.82 Å². The van der Waals surface area contributed by atoms with Crippen LogP contribution < -0.4 is 15.0 Å². The van der Waals surface area contributed by atoms with Gasteiger partial charge in [-0.3, -0.25) is 0 Å². The first-order valence-electron chi connectivity index (χ1n) is 12.8. The van der Waals surface area contributed by atoms with Crippen molar-refractivity contribution in [2.24, 2.45) is 5.92 Å². The number of rotatable bonds is 8. The zero-order chi connectivity index (χ0) is 25.8. The van der Waals surface area contributed by atoms with Gasteiger partial charge in [0.2, 0.25) is 5.88 Å². The third-order valence-corrected chi connectivity index (χ3v) is 7.55. The van der Waals surface area contributed by atoms with Gasteiger partial charge in [0.05, 0.1) is 7.11 Å². The van der Waals surface area contributed by atoms with Crippen molar-refractivity contribution in [2.75, 3.05) is 31.6 Å². The lowest BCUT2D eigenvalue weighted by atomic mass is 9.80. The Bertz CT molecular complexity index is 1380. The van der Waals surface area contributed by atoms with Crippen molar-refractivity contribution >= 4 is 35.0 Å². The number of fused-ring (bicyclic) bond motifs is 1. The fourth-order valence-electron chi connectivity index (χ4n) is 5.52. The molecular formula is C31H34ClN3O3. The minimum Gasteiger partial charge on any atom is -0.480 e. The summed E-state index contributed by atoms with van der Waals surface area (Å²) in [4.78, 5) is 18.3. The van der Waals surface area contributed by atoms with Gasteiger partial charge in [-0.1, -0.05) is 72.8 Å². The normalized spacial score (nSPS) is 18.0. The molecule has 7 heteroatoms. The van der Waals surface area contributed by atoms with Crippen LogP contribution in [-0.2, 0) is 0 Å². The molecule has 38 heavy (non-hydrogen) atoms. The molecule has 5 rings (SSSR count). The van der Waals surface area contributed by atoms with Crippen LogP contribution in [0.3, 0.4) is 0 Å². The lowest BCUT2D eigenvalue weighted by Gasteiger charge is -2.40. The number of hydrogen-bond donors (Lipinski definition) is 2. The number of nitrogens with zero attached hydrogens (tertiary/aromatic N) is 2. The first kappa shape index (κ1) is 27.4. The number of nitrogens with one attached hydrogen (secondary N) is 1. The largest absolute Gasteiger partial charge is 0.480 e. The Morgan fingerprint density at radius 2 is 1.79 bits per heavy atom. The highest BCUT2D eigenvalue weighted by Gasteiger charge is 2.32. The van der Waals surface area contributed by atoms with E-state index in [9.17, 15) is 9.90 Å². The van der Waals surface area contributed by atoms with Crippen LogP contribution in [0, 0.1) is 5.92 Å². The quantitative estimate of drug-likeness (QED) is 0.277. The lowest BCUT2D eigenvalue weighted by molar-refractivity contribution is 0.0692. The molecule has 198 valence electrons. The standard InChI is InChI=1S/C31H33N3O3.ClH/c1-21(25-14-8-12-22-11-6-7-13-26(22)25)32-19-24-17-18-34(20-28(24)23-9-4-3-5-10-23)29-16-15-27(31(35)36)30(33-29)37-2;/h3-16,21,24,28,32H,17-20H2,1-2H3,(H,35,36);1H/t21-,24?,28?;/m1./s1. The second-order valence-corrected chi connectivity index (χ2v) is 9.74. The molecule has 3 aromatic carbocycles. The molecule has 2 heterocycles. The molecule has 1 fully saturated rings. The third-order valence-electron chi connectivity index (χ3n) is 7.55. The molecule has 2 N–H and O–H groups in total. The summed E-state index contributed by atoms with van der Waals surface area (Å²) in [6.07, 6.45) is 0.999. The van der Waals surface area contributed by atoms with Crippen LogP contribution in [-0.4, -0.2) is 42.8 Å². The molecule has 1 aliphatic rings. The van der Waals surface area contributed by atoms with Gasteiger partial charge in [0.25, 0.3) is 0 Å². The number of carboxylic acid groups (broad SMARTS) is 1. The molecule has 4 aromatic rings. The number of aromatic nitrogens is 1. The number of methoxy groups -OCH3 is 1. The maximum Gasteiger partial charge on any atom is 0.341 e. The second-order valence-electron chi connectivity index (χ2n) is 9.74. The van der Waals surface area contributed by atoms with Crippen LogP contribution in [0.15, 0.2) is 84.9 Å². The number of pyridine rings is 1. The smallest absolute Gasteiger partial charge is 0.341 e. The first-order valence-corrected chi connectivity index (χ1v) is 12.8. The fraction of sp³-hybridized carbons (Fsp3) is 0.290. The van der Waals surface area contributed by atoms with Crippen molar-refractivity contribution in [3.63, 3.8) is 0 Å². The van der Waals surface area contributed by atoms with Crippen molar-refractivity contribution in [1.82, 2.24) is 10.3 Å². The molecule has 1 aromatic heterocycles. The highest BCUT2D eigenvalue weighted by atomic mass is 35.5. The lowest BCUT2D eigenvalue weighted by Crippen LogP contribution is -2.43. The predicted molar refractivity (Wildman–Crippen MR) is 155 cm³/mol. The monoisotopic (exact) mass is 531 g/mol. The number of ether oxygens (including phenoxy) is 1. The molecule has 2 unspecified atom stereocenters. The van der Waals surface area contributed by atoms with Crippen molar-refractivity contribution in [3.8, 4) is 5.88 Å². The van der Waals surface area contributed by atoms with Gasteiger partial charge in [-0.05, 0) is 59.8 Å². The summed E-state index contributed by atoms with van der Waals surface area (Å²) in [6.45, 7) is 4.81. The average molecular weight is 532 g/mol. The Morgan fingerprint density at radius 3 is 2.55 bits per heavy atom. The van der Waals surface area contributed by atoms with E-state index in [1.165, 1.54) is 29.0 Å². The summed E-state index contributed by atoms with van der Waals surface area (Å²) in [5, 5.41) is 15.8. The minimum absolute atomic E-state index is 0. The van der Waals surface area contributed by atoms with E-state index in [0.29, 0.717) is 11.8 Å². The Kier molecular flexibility index (Phi) is 8.87. The number of carbonyl (C=O) groups is 1. The molecule has 0 amide bonds. The van der Waals surface area contributed by atoms with Gasteiger partial charge in [0, 0.05) is 25.0 Å². The molecule has 1 aliphatic heterocycles. The number of piperidine rings is 1. The zero-order valence-corrected chi connectivity index (χ0v) is 22.5. The van der Waals surface area contributed by atoms with Crippen molar-refractivity contribution in [2.45, 2.75) is 25.3 Å². The van der Waals surface area contributed by atoms with Gasteiger partial charge < -0.3 is 20.1 Å². The first-order chi connectivity index (χ1) is 18.0. The minimum atomic E-state index is -1.04. The molecular weight excluding hydrogens is 498 g/mol. The predicted octanol–water partition coefficient (Wildman–Crippen LogP) is 6.32. The van der Waals surface area contributed by atoms with Crippen molar-refractivity contribution in [1.29, 1.82) is 0 Å². The molecule has 6 nitrogen and oxygen atoms in total. The Labute approximate surface area is 230 Å². The van der Waals surface area contributed by atoms with E-state index in [2.05, 4.69) is 94.9 Å². The maximum atomic E-state index is 11.5. The number of aromatic carboxylic acids is 1. The van der Waals surface area contributed by atoms with Crippen LogP contribution in [0.2, 0.25) is 0 Å². The molecule has 0 saturated carbocycles. The van der Waals surface area contributed by atoms with E-state index in [0.717, 1.165) is 31.9 Å². The molecule has 0 spiro atoms. The summed E-state index contributed by atoms with van der Waals surface area (Å²) >= 11 is 0. The number of anilines is 1. The molecule has 3 atom stereocenters. The van der Waals surface area contributed by atoms with Gasteiger partial charge in [-0.15, -0.1) is 12.4 Å². The van der Waals surface area contributed by atoms with E-state index in [1.54, 1.807) is 12.1 Å². The van der Waals surface area contributed by atoms with Crippen molar-refractivity contribution < 1.29 is 14.6 Å². The Balaban J connectivity index is 0.00000336. The van der Waals surface area contributed by atoms with E-state index < -0.39 is 5.97 Å². The van der Waals surface area contributed by atoms with E-state index in [1.807, 2.05) is 0 Å². The summed E-state index contributed by atoms with van der Waals surface area (Å²) in [5.74, 6) is 0.626. The van der Waals surface area contributed by atoms with Gasteiger partial charge in [0.15, 0.2) is 0 Å². The molecule has 0 bridgehead atoms. The maximum absolute atomic E-state index is 11.5. The Hall–Kier alpha value is -3.61. The van der Waals surface area contributed by atoms with E-state index in [4.69, 9.17) is 4.74 Å². The van der Waals surface area contributed by atoms with Crippen LogP contribution in [0.1, 0.15) is 46.8 Å². The van der Waals surface area contributed by atoms with Gasteiger partial charge in [-0.25, -0.2) is 4.79 Å². The van der Waals surface area contributed by atoms with E-state index in [-0.39, 0.29) is 29.9 Å². The highest BCUT2D eigenvalue weighted by molar-refractivity contribution is 5.90. The number of carboxylic acids is 1. The van der Waals surface area contributed by atoms with Gasteiger partial charge >= 0.3 is 5.97 Å². The number of hydrogen-bond acceptors (Lipinski definition) is 5. The number of halogens is 1. The topological polar surface area (TPSA) is 74.7 Å². The average Bonchev–Trinajstić information content (AvgIpc) is 2.95. The SMILES string of the molecule is COc1nc(N2CCC(CN[C@H](C)c3cccc4ccccc34)C(c3ccccc3)C2)ccc1C(=O)O.Cl. The Morgan fingerprint density at radius 1 is 1.05 bits per heavy atom. The van der Waals surface area contributed by atoms with Crippen LogP contribution >= 0.6 is 12.4 Å². The summed E-state index contributed by atoms with van der Waals surface area (Å²) in [6, 6.07) is 29.3. The third kappa shape index (κ3) is 5.77. The van der Waals surface area contributed by atoms with Crippen LogP contribution in [0.5, 0.6) is 5.88 Å². The van der Waals surface area contributed by atoms with Gasteiger partial charge in [-0.2, -0.15) is 4.98 Å². The zero-order valence-electron chi connectivity index (χ0n) is 21.7. The molecule has 1 saturated heterocycles. The number of benzene rings is 3.